The SMILES string of the molecule is Nc1ncnc2c1nc(N/N=C/c1ccc([N+](=O)[O-])o1)n2[C@@H]1O[C@H](CO)[C@@H](O)[C@@H]1O. The fraction of sp³-hybridized carbons (Fsp3) is 0.333. The summed E-state index contributed by atoms with van der Waals surface area (Å²) in [6.45, 7) is -0.517. The molecule has 0 saturated carbocycles. The highest BCUT2D eigenvalue weighted by Gasteiger charge is 2.45. The number of aromatic nitrogens is 4. The Balaban J connectivity index is 1.69. The zero-order chi connectivity index (χ0) is 21.4. The van der Waals surface area contributed by atoms with Crippen LogP contribution in [-0.4, -0.2) is 70.9 Å². The quantitative estimate of drug-likeness (QED) is 0.183. The van der Waals surface area contributed by atoms with Gasteiger partial charge in [0.25, 0.3) is 0 Å². The van der Waals surface area contributed by atoms with E-state index in [0.717, 1.165) is 0 Å². The number of imidazole rings is 1. The van der Waals surface area contributed by atoms with Gasteiger partial charge in [-0.25, -0.2) is 20.4 Å². The summed E-state index contributed by atoms with van der Waals surface area (Å²) in [7, 11) is 0. The van der Waals surface area contributed by atoms with Crippen LogP contribution < -0.4 is 11.2 Å². The van der Waals surface area contributed by atoms with Crippen molar-refractivity contribution in [2.24, 2.45) is 5.10 Å². The third-order valence-electron chi connectivity index (χ3n) is 4.43. The standard InChI is InChI=1S/C15H16N8O7/c16-12-9-13(18-5-17-12)22(14-11(26)10(25)7(4-24)30-14)15(20-9)21-19-3-6-1-2-8(29-6)23(27)28/h1-3,5,7,10-11,14,24-26H,4H2,(H,20,21)(H2,16,17,18)/b19-3+/t7-,10-,11+,14-/m1/s1. The number of nitrogens with two attached hydrogens (primary N) is 1. The van der Waals surface area contributed by atoms with Gasteiger partial charge in [0.2, 0.25) is 5.95 Å². The van der Waals surface area contributed by atoms with Gasteiger partial charge in [-0.3, -0.25) is 14.7 Å². The van der Waals surface area contributed by atoms with E-state index in [4.69, 9.17) is 14.9 Å². The first kappa shape index (κ1) is 19.6. The first-order valence-electron chi connectivity index (χ1n) is 8.55. The molecule has 1 aliphatic rings. The van der Waals surface area contributed by atoms with Gasteiger partial charge in [-0.15, -0.1) is 0 Å². The molecular weight excluding hydrogens is 404 g/mol. The van der Waals surface area contributed by atoms with Gasteiger partial charge in [0, 0.05) is 0 Å². The number of nitrogens with one attached hydrogen (secondary N) is 1. The fourth-order valence-electron chi connectivity index (χ4n) is 3.00. The number of rotatable bonds is 6. The van der Waals surface area contributed by atoms with E-state index >= 15 is 0 Å². The van der Waals surface area contributed by atoms with E-state index in [1.54, 1.807) is 0 Å². The Morgan fingerprint density at radius 2 is 2.17 bits per heavy atom. The molecule has 6 N–H and O–H groups in total. The van der Waals surface area contributed by atoms with E-state index in [9.17, 15) is 25.4 Å². The molecule has 3 aromatic rings. The van der Waals surface area contributed by atoms with Crippen LogP contribution in [0.1, 0.15) is 12.0 Å². The average molecular weight is 420 g/mol. The van der Waals surface area contributed by atoms with E-state index in [1.807, 2.05) is 0 Å². The lowest BCUT2D eigenvalue weighted by Gasteiger charge is -2.18. The molecule has 0 radical (unpaired) electrons. The van der Waals surface area contributed by atoms with Crippen molar-refractivity contribution in [3.63, 3.8) is 0 Å². The van der Waals surface area contributed by atoms with Crippen molar-refractivity contribution >= 4 is 35.0 Å². The zero-order valence-corrected chi connectivity index (χ0v) is 15.1. The Labute approximate surface area is 166 Å². The van der Waals surface area contributed by atoms with E-state index in [1.165, 1.54) is 29.2 Å². The van der Waals surface area contributed by atoms with E-state index in [-0.39, 0.29) is 28.7 Å². The largest absolute Gasteiger partial charge is 0.433 e. The number of ether oxygens (including phenoxy) is 1. The van der Waals surface area contributed by atoms with Gasteiger partial charge >= 0.3 is 5.88 Å². The van der Waals surface area contributed by atoms with Crippen LogP contribution in [0.2, 0.25) is 0 Å². The number of aliphatic hydroxyl groups excluding tert-OH is 3. The maximum Gasteiger partial charge on any atom is 0.433 e. The zero-order valence-electron chi connectivity index (χ0n) is 15.1. The number of nitrogens with zero attached hydrogens (tertiary/aromatic N) is 6. The fourth-order valence-corrected chi connectivity index (χ4v) is 3.00. The lowest BCUT2D eigenvalue weighted by Crippen LogP contribution is -2.33. The molecule has 4 atom stereocenters. The van der Waals surface area contributed by atoms with E-state index in [2.05, 4.69) is 25.5 Å². The lowest BCUT2D eigenvalue weighted by molar-refractivity contribution is -0.402. The second-order valence-corrected chi connectivity index (χ2v) is 6.27. The predicted octanol–water partition coefficient (Wildman–Crippen LogP) is -1.03. The van der Waals surface area contributed by atoms with Crippen LogP contribution in [-0.2, 0) is 4.74 Å². The lowest BCUT2D eigenvalue weighted by atomic mass is 10.1. The molecule has 158 valence electrons. The summed E-state index contributed by atoms with van der Waals surface area (Å²) in [4.78, 5) is 22.2. The number of fused-ring (bicyclic) bond motifs is 1. The molecule has 0 bridgehead atoms. The smallest absolute Gasteiger partial charge is 0.400 e. The summed E-state index contributed by atoms with van der Waals surface area (Å²) in [6, 6.07) is 2.52. The highest BCUT2D eigenvalue weighted by molar-refractivity contribution is 5.84. The average Bonchev–Trinajstić information content (AvgIpc) is 3.40. The van der Waals surface area contributed by atoms with Crippen LogP contribution in [0, 0.1) is 10.1 Å². The molecule has 0 aromatic carbocycles. The third-order valence-corrected chi connectivity index (χ3v) is 4.43. The van der Waals surface area contributed by atoms with Crippen LogP contribution in [0.3, 0.4) is 0 Å². The molecule has 0 amide bonds. The second kappa shape index (κ2) is 7.64. The molecule has 0 unspecified atom stereocenters. The Morgan fingerprint density at radius 3 is 2.83 bits per heavy atom. The van der Waals surface area contributed by atoms with Crippen LogP contribution in [0.25, 0.3) is 11.2 Å². The van der Waals surface area contributed by atoms with Crippen molar-refractivity contribution in [1.29, 1.82) is 0 Å². The normalized spacial score (nSPS) is 24.1. The molecule has 0 aliphatic carbocycles. The van der Waals surface area contributed by atoms with Crippen molar-refractivity contribution in [2.75, 3.05) is 17.8 Å². The van der Waals surface area contributed by atoms with Crippen LogP contribution >= 0.6 is 0 Å². The summed E-state index contributed by atoms with van der Waals surface area (Å²) < 4.78 is 11.8. The molecule has 15 heteroatoms. The number of furan rings is 1. The first-order valence-corrected chi connectivity index (χ1v) is 8.55. The predicted molar refractivity (Wildman–Crippen MR) is 99.3 cm³/mol. The van der Waals surface area contributed by atoms with Gasteiger partial charge in [0.1, 0.15) is 29.6 Å². The first-order chi connectivity index (χ1) is 14.4. The van der Waals surface area contributed by atoms with E-state index < -0.39 is 42.0 Å². The summed E-state index contributed by atoms with van der Waals surface area (Å²) >= 11 is 0. The summed E-state index contributed by atoms with van der Waals surface area (Å²) in [6.07, 6.45) is -2.60. The number of nitro groups is 1. The Morgan fingerprint density at radius 1 is 1.37 bits per heavy atom. The molecule has 1 saturated heterocycles. The van der Waals surface area contributed by atoms with Crippen molar-refractivity contribution in [3.8, 4) is 0 Å². The number of hydrogen-bond donors (Lipinski definition) is 5. The van der Waals surface area contributed by atoms with Crippen molar-refractivity contribution in [1.82, 2.24) is 19.5 Å². The van der Waals surface area contributed by atoms with Crippen LogP contribution in [0.5, 0.6) is 0 Å². The second-order valence-electron chi connectivity index (χ2n) is 6.27. The minimum atomic E-state index is -1.41. The number of hydrazone groups is 1. The molecule has 1 fully saturated rings. The van der Waals surface area contributed by atoms with Gasteiger partial charge in [-0.05, 0) is 6.07 Å². The number of aliphatic hydroxyl groups is 3. The van der Waals surface area contributed by atoms with Gasteiger partial charge < -0.3 is 30.2 Å². The van der Waals surface area contributed by atoms with Crippen LogP contribution in [0.15, 0.2) is 28.0 Å². The molecule has 30 heavy (non-hydrogen) atoms. The number of hydrogen-bond acceptors (Lipinski definition) is 13. The number of nitrogen functional groups attached to an aromatic ring is 1. The highest BCUT2D eigenvalue weighted by Crippen LogP contribution is 2.35. The van der Waals surface area contributed by atoms with Gasteiger partial charge in [0.15, 0.2) is 29.0 Å². The molecule has 4 heterocycles. The van der Waals surface area contributed by atoms with Gasteiger partial charge in [-0.1, -0.05) is 0 Å². The summed E-state index contributed by atoms with van der Waals surface area (Å²) in [5, 5.41) is 44.4. The Bertz CT molecular complexity index is 1110. The van der Waals surface area contributed by atoms with Crippen molar-refractivity contribution < 1.29 is 29.4 Å². The van der Waals surface area contributed by atoms with Crippen molar-refractivity contribution in [3.05, 3.63) is 34.3 Å². The molecule has 0 spiro atoms. The number of anilines is 2. The van der Waals surface area contributed by atoms with Crippen molar-refractivity contribution in [2.45, 2.75) is 24.5 Å². The monoisotopic (exact) mass is 420 g/mol. The highest BCUT2D eigenvalue weighted by atomic mass is 16.6. The van der Waals surface area contributed by atoms with E-state index in [0.29, 0.717) is 0 Å². The maximum absolute atomic E-state index is 10.7. The summed E-state index contributed by atoms with van der Waals surface area (Å²) in [5.41, 5.74) is 8.80. The molecule has 1 aliphatic heterocycles. The summed E-state index contributed by atoms with van der Waals surface area (Å²) in [5.74, 6) is -0.272. The Hall–Kier alpha value is -3.66. The molecule has 3 aromatic heterocycles. The minimum absolute atomic E-state index is 0.0179. The Kier molecular flexibility index (Phi) is 5.00. The maximum atomic E-state index is 10.7. The van der Waals surface area contributed by atoms with Gasteiger partial charge in [0.05, 0.1) is 18.9 Å². The molecular formula is C15H16N8O7. The third kappa shape index (κ3) is 3.30. The van der Waals surface area contributed by atoms with Crippen LogP contribution in [0.4, 0.5) is 17.7 Å². The minimum Gasteiger partial charge on any atom is -0.400 e. The molecule has 15 nitrogen and oxygen atoms in total. The topological polar surface area (TPSA) is 220 Å². The molecule has 4 rings (SSSR count). The van der Waals surface area contributed by atoms with Gasteiger partial charge in [-0.2, -0.15) is 5.10 Å².